The Hall–Kier alpha value is -3.06. The number of aromatic nitrogens is 3. The fourth-order valence-corrected chi connectivity index (χ4v) is 3.52. The van der Waals surface area contributed by atoms with E-state index in [1.165, 1.54) is 10.9 Å². The molecule has 3 aromatic rings. The first-order valence-corrected chi connectivity index (χ1v) is 9.55. The van der Waals surface area contributed by atoms with Crippen molar-refractivity contribution in [1.82, 2.24) is 24.3 Å². The number of pyridine rings is 1. The number of nitrogens with zero attached hydrogens (tertiary/aromatic N) is 5. The summed E-state index contributed by atoms with van der Waals surface area (Å²) in [4.78, 5) is 37.9. The lowest BCUT2D eigenvalue weighted by Crippen LogP contribution is -2.48. The fourth-order valence-electron chi connectivity index (χ4n) is 3.52. The van der Waals surface area contributed by atoms with Crippen LogP contribution >= 0.6 is 0 Å². The van der Waals surface area contributed by atoms with Crippen LogP contribution in [0, 0.1) is 0 Å². The first-order chi connectivity index (χ1) is 13.7. The molecule has 4 rings (SSSR count). The predicted molar refractivity (Wildman–Crippen MR) is 107 cm³/mol. The van der Waals surface area contributed by atoms with Crippen LogP contribution in [0.4, 0.5) is 0 Å². The number of para-hydroxylation sites is 1. The monoisotopic (exact) mass is 377 g/mol. The SMILES string of the molecule is O=C(CCn1cnc2ccccc2c1=O)N1CCN(Cc2ccccn2)CC1. The number of aryl methyl sites for hydroxylation is 1. The van der Waals surface area contributed by atoms with Gasteiger partial charge in [0.15, 0.2) is 0 Å². The Bertz CT molecular complexity index is 1010. The van der Waals surface area contributed by atoms with Gasteiger partial charge in [-0.15, -0.1) is 0 Å². The second kappa shape index (κ2) is 8.31. The average molecular weight is 377 g/mol. The highest BCUT2D eigenvalue weighted by Crippen LogP contribution is 2.09. The first kappa shape index (κ1) is 18.3. The van der Waals surface area contributed by atoms with E-state index in [1.54, 1.807) is 12.3 Å². The van der Waals surface area contributed by atoms with Gasteiger partial charge in [0.25, 0.3) is 5.56 Å². The Balaban J connectivity index is 1.30. The van der Waals surface area contributed by atoms with Crippen LogP contribution in [0.25, 0.3) is 10.9 Å². The van der Waals surface area contributed by atoms with Crippen molar-refractivity contribution in [1.29, 1.82) is 0 Å². The number of carbonyl (C=O) groups excluding carboxylic acids is 1. The largest absolute Gasteiger partial charge is 0.340 e. The molecule has 0 spiro atoms. The van der Waals surface area contributed by atoms with Crippen LogP contribution in [0.1, 0.15) is 12.1 Å². The van der Waals surface area contributed by atoms with Crippen molar-refractivity contribution >= 4 is 16.8 Å². The van der Waals surface area contributed by atoms with E-state index < -0.39 is 0 Å². The van der Waals surface area contributed by atoms with Crippen LogP contribution in [-0.2, 0) is 17.9 Å². The van der Waals surface area contributed by atoms with E-state index >= 15 is 0 Å². The minimum atomic E-state index is -0.0985. The summed E-state index contributed by atoms with van der Waals surface area (Å²) in [7, 11) is 0. The molecule has 1 aliphatic rings. The molecule has 0 radical (unpaired) electrons. The van der Waals surface area contributed by atoms with Crippen LogP contribution in [0.5, 0.6) is 0 Å². The summed E-state index contributed by atoms with van der Waals surface area (Å²) in [6.07, 6.45) is 3.64. The molecule has 0 N–H and O–H groups in total. The van der Waals surface area contributed by atoms with E-state index in [2.05, 4.69) is 14.9 Å². The molecule has 0 saturated carbocycles. The van der Waals surface area contributed by atoms with E-state index in [0.717, 1.165) is 25.3 Å². The Morgan fingerprint density at radius 2 is 1.75 bits per heavy atom. The van der Waals surface area contributed by atoms with Crippen molar-refractivity contribution in [3.05, 3.63) is 71.0 Å². The minimum absolute atomic E-state index is 0.0811. The summed E-state index contributed by atoms with van der Waals surface area (Å²) in [5, 5.41) is 0.584. The van der Waals surface area contributed by atoms with Crippen LogP contribution in [0.15, 0.2) is 59.8 Å². The third-order valence-electron chi connectivity index (χ3n) is 5.13. The maximum atomic E-state index is 12.6. The van der Waals surface area contributed by atoms with Gasteiger partial charge in [-0.25, -0.2) is 4.98 Å². The van der Waals surface area contributed by atoms with E-state index in [-0.39, 0.29) is 11.5 Å². The van der Waals surface area contributed by atoms with Gasteiger partial charge in [0.2, 0.25) is 5.91 Å². The molecule has 0 bridgehead atoms. The van der Waals surface area contributed by atoms with Gasteiger partial charge in [0, 0.05) is 51.9 Å². The van der Waals surface area contributed by atoms with Crippen LogP contribution in [0.3, 0.4) is 0 Å². The lowest BCUT2D eigenvalue weighted by atomic mass is 10.2. The van der Waals surface area contributed by atoms with Crippen molar-refractivity contribution in [3.8, 4) is 0 Å². The topological polar surface area (TPSA) is 71.3 Å². The quantitative estimate of drug-likeness (QED) is 0.674. The third kappa shape index (κ3) is 4.09. The summed E-state index contributed by atoms with van der Waals surface area (Å²) in [6.45, 7) is 4.23. The van der Waals surface area contributed by atoms with Gasteiger partial charge in [-0.1, -0.05) is 18.2 Å². The molecule has 0 atom stereocenters. The summed E-state index contributed by atoms with van der Waals surface area (Å²) in [5.41, 5.74) is 1.63. The standard InChI is InChI=1S/C21H23N5O2/c27-20(8-10-26-16-23-19-7-2-1-6-18(19)21(26)28)25-13-11-24(12-14-25)15-17-5-3-4-9-22-17/h1-7,9,16H,8,10-15H2. The van der Waals surface area contributed by atoms with Gasteiger partial charge in [0.05, 0.1) is 22.9 Å². The lowest BCUT2D eigenvalue weighted by Gasteiger charge is -2.34. The number of carbonyl (C=O) groups is 1. The Kier molecular flexibility index (Phi) is 5.43. The Morgan fingerprint density at radius 1 is 0.964 bits per heavy atom. The number of rotatable bonds is 5. The van der Waals surface area contributed by atoms with Gasteiger partial charge in [-0.2, -0.15) is 0 Å². The summed E-state index contributed by atoms with van der Waals surface area (Å²) in [5.74, 6) is 0.0811. The Morgan fingerprint density at radius 3 is 2.54 bits per heavy atom. The zero-order chi connectivity index (χ0) is 19.3. The van der Waals surface area contributed by atoms with Gasteiger partial charge < -0.3 is 4.90 Å². The van der Waals surface area contributed by atoms with Gasteiger partial charge >= 0.3 is 0 Å². The molecule has 3 heterocycles. The minimum Gasteiger partial charge on any atom is -0.340 e. The first-order valence-electron chi connectivity index (χ1n) is 9.55. The number of piperazine rings is 1. The predicted octanol–water partition coefficient (Wildman–Crippen LogP) is 1.53. The van der Waals surface area contributed by atoms with Crippen molar-refractivity contribution in [2.24, 2.45) is 0 Å². The molecule has 0 unspecified atom stereocenters. The van der Waals surface area contributed by atoms with E-state index in [9.17, 15) is 9.59 Å². The molecule has 0 aliphatic carbocycles. The van der Waals surface area contributed by atoms with Crippen molar-refractivity contribution in [2.75, 3.05) is 26.2 Å². The summed E-state index contributed by atoms with van der Waals surface area (Å²) >= 11 is 0. The highest BCUT2D eigenvalue weighted by Gasteiger charge is 2.21. The molecule has 144 valence electrons. The lowest BCUT2D eigenvalue weighted by molar-refractivity contribution is -0.133. The fraction of sp³-hybridized carbons (Fsp3) is 0.333. The molecule has 2 aromatic heterocycles. The van der Waals surface area contributed by atoms with E-state index in [4.69, 9.17) is 0 Å². The molecular formula is C21H23N5O2. The second-order valence-corrected chi connectivity index (χ2v) is 6.99. The summed E-state index contributed by atoms with van der Waals surface area (Å²) < 4.78 is 1.53. The van der Waals surface area contributed by atoms with Crippen molar-refractivity contribution in [2.45, 2.75) is 19.5 Å². The Labute approximate surface area is 163 Å². The number of hydrogen-bond acceptors (Lipinski definition) is 5. The van der Waals surface area contributed by atoms with Gasteiger partial charge in [-0.3, -0.25) is 24.0 Å². The molecule has 1 aromatic carbocycles. The second-order valence-electron chi connectivity index (χ2n) is 6.99. The zero-order valence-electron chi connectivity index (χ0n) is 15.7. The number of hydrogen-bond donors (Lipinski definition) is 0. The molecular weight excluding hydrogens is 354 g/mol. The highest BCUT2D eigenvalue weighted by atomic mass is 16.2. The molecule has 1 fully saturated rings. The van der Waals surface area contributed by atoms with Crippen molar-refractivity contribution < 1.29 is 4.79 Å². The van der Waals surface area contributed by atoms with Crippen LogP contribution in [0.2, 0.25) is 0 Å². The van der Waals surface area contributed by atoms with E-state index in [0.29, 0.717) is 37.0 Å². The summed E-state index contributed by atoms with van der Waals surface area (Å²) in [6, 6.07) is 13.2. The van der Waals surface area contributed by atoms with Gasteiger partial charge in [0.1, 0.15) is 0 Å². The van der Waals surface area contributed by atoms with Crippen molar-refractivity contribution in [3.63, 3.8) is 0 Å². The molecule has 1 aliphatic heterocycles. The number of amides is 1. The molecule has 7 nitrogen and oxygen atoms in total. The third-order valence-corrected chi connectivity index (χ3v) is 5.13. The molecule has 1 amide bonds. The average Bonchev–Trinajstić information content (AvgIpc) is 2.74. The van der Waals surface area contributed by atoms with E-state index in [1.807, 2.05) is 41.3 Å². The van der Waals surface area contributed by atoms with Crippen LogP contribution < -0.4 is 5.56 Å². The number of benzene rings is 1. The maximum Gasteiger partial charge on any atom is 0.261 e. The molecule has 28 heavy (non-hydrogen) atoms. The van der Waals surface area contributed by atoms with Crippen LogP contribution in [-0.4, -0.2) is 56.4 Å². The number of fused-ring (bicyclic) bond motifs is 1. The molecule has 7 heteroatoms. The van der Waals surface area contributed by atoms with Gasteiger partial charge in [-0.05, 0) is 24.3 Å². The maximum absolute atomic E-state index is 12.6. The highest BCUT2D eigenvalue weighted by molar-refractivity contribution is 5.77. The normalized spacial score (nSPS) is 15.1. The molecule has 1 saturated heterocycles. The zero-order valence-corrected chi connectivity index (χ0v) is 15.7. The smallest absolute Gasteiger partial charge is 0.261 e.